The molecule has 1 aliphatic rings. The summed E-state index contributed by atoms with van der Waals surface area (Å²) in [5.74, 6) is 1.26. The van der Waals surface area contributed by atoms with Gasteiger partial charge in [0.25, 0.3) is 5.91 Å². The van der Waals surface area contributed by atoms with E-state index in [0.29, 0.717) is 18.1 Å². The fourth-order valence-electron chi connectivity index (χ4n) is 2.98. The van der Waals surface area contributed by atoms with Gasteiger partial charge in [-0.25, -0.2) is 9.97 Å². The maximum Gasteiger partial charge on any atom is 0.261 e. The van der Waals surface area contributed by atoms with Gasteiger partial charge in [0.1, 0.15) is 5.75 Å². The molecular formula is C18H23N5O2. The van der Waals surface area contributed by atoms with Crippen LogP contribution in [-0.4, -0.2) is 57.9 Å². The maximum atomic E-state index is 12.6. The van der Waals surface area contributed by atoms with Gasteiger partial charge in [-0.05, 0) is 45.1 Å². The first-order valence-corrected chi connectivity index (χ1v) is 8.42. The van der Waals surface area contributed by atoms with Crippen molar-refractivity contribution in [1.29, 1.82) is 0 Å². The second-order valence-corrected chi connectivity index (χ2v) is 6.37. The van der Waals surface area contributed by atoms with Crippen LogP contribution in [0.1, 0.15) is 30.4 Å². The summed E-state index contributed by atoms with van der Waals surface area (Å²) >= 11 is 0. The van der Waals surface area contributed by atoms with Crippen molar-refractivity contribution < 1.29 is 9.53 Å². The van der Waals surface area contributed by atoms with Crippen molar-refractivity contribution in [1.82, 2.24) is 24.8 Å². The van der Waals surface area contributed by atoms with Crippen LogP contribution in [0.3, 0.4) is 0 Å². The molecule has 2 aromatic rings. The summed E-state index contributed by atoms with van der Waals surface area (Å²) in [4.78, 5) is 29.5. The highest BCUT2D eigenvalue weighted by molar-refractivity contribution is 5.78. The van der Waals surface area contributed by atoms with Gasteiger partial charge in [0.2, 0.25) is 0 Å². The Labute approximate surface area is 147 Å². The number of nitrogens with zero attached hydrogens (tertiary/aromatic N) is 5. The zero-order valence-corrected chi connectivity index (χ0v) is 14.6. The molecule has 0 unspecified atom stereocenters. The summed E-state index contributed by atoms with van der Waals surface area (Å²) in [6.07, 6.45) is 6.87. The average molecular weight is 341 g/mol. The Morgan fingerprint density at radius 3 is 3.00 bits per heavy atom. The molecule has 132 valence electrons. The largest absolute Gasteiger partial charge is 0.482 e. The zero-order valence-electron chi connectivity index (χ0n) is 14.6. The third-order valence-electron chi connectivity index (χ3n) is 4.08. The molecule has 0 N–H and O–H groups in total. The van der Waals surface area contributed by atoms with E-state index in [9.17, 15) is 4.79 Å². The number of amides is 1. The molecule has 7 nitrogen and oxygen atoms in total. The van der Waals surface area contributed by atoms with Crippen molar-refractivity contribution in [3.05, 3.63) is 48.3 Å². The van der Waals surface area contributed by atoms with E-state index in [4.69, 9.17) is 4.74 Å². The van der Waals surface area contributed by atoms with Crippen LogP contribution in [0, 0.1) is 0 Å². The molecule has 1 saturated heterocycles. The van der Waals surface area contributed by atoms with E-state index >= 15 is 0 Å². The molecule has 7 heteroatoms. The summed E-state index contributed by atoms with van der Waals surface area (Å²) in [7, 11) is 4.01. The number of ether oxygens (including phenoxy) is 1. The van der Waals surface area contributed by atoms with E-state index in [-0.39, 0.29) is 18.6 Å². The first-order valence-electron chi connectivity index (χ1n) is 8.42. The summed E-state index contributed by atoms with van der Waals surface area (Å²) in [5, 5.41) is 0. The third-order valence-corrected chi connectivity index (χ3v) is 4.08. The normalized spacial score (nSPS) is 17.1. The van der Waals surface area contributed by atoms with E-state index in [2.05, 4.69) is 19.9 Å². The Bertz CT molecular complexity index is 708. The average Bonchev–Trinajstić information content (AvgIpc) is 3.10. The van der Waals surface area contributed by atoms with E-state index < -0.39 is 0 Å². The monoisotopic (exact) mass is 341 g/mol. The molecule has 3 heterocycles. The van der Waals surface area contributed by atoms with E-state index in [1.165, 1.54) is 0 Å². The zero-order chi connectivity index (χ0) is 17.6. The van der Waals surface area contributed by atoms with Gasteiger partial charge in [0, 0.05) is 25.5 Å². The molecule has 1 aliphatic heterocycles. The molecule has 1 amide bonds. The number of pyridine rings is 1. The third kappa shape index (κ3) is 4.51. The van der Waals surface area contributed by atoms with Crippen LogP contribution in [0.4, 0.5) is 0 Å². The lowest BCUT2D eigenvalue weighted by Gasteiger charge is -2.24. The number of hydrogen-bond donors (Lipinski definition) is 0. The van der Waals surface area contributed by atoms with Gasteiger partial charge in [0.15, 0.2) is 12.4 Å². The molecule has 0 radical (unpaired) electrons. The second kappa shape index (κ2) is 8.02. The van der Waals surface area contributed by atoms with Crippen molar-refractivity contribution in [2.75, 3.05) is 27.2 Å². The molecule has 0 bridgehead atoms. The summed E-state index contributed by atoms with van der Waals surface area (Å²) in [6.45, 7) is 1.46. The van der Waals surface area contributed by atoms with Crippen molar-refractivity contribution >= 4 is 5.91 Å². The number of carbonyl (C=O) groups excluding carboxylic acids is 1. The van der Waals surface area contributed by atoms with Crippen LogP contribution >= 0.6 is 0 Å². The molecule has 3 rings (SSSR count). The fourth-order valence-corrected chi connectivity index (χ4v) is 2.98. The standard InChI is InChI=1S/C18H23N5O2/c1-22(2)12-14-7-9-20-18(21-14)16-6-4-10-23(16)17(24)13-25-15-5-3-8-19-11-15/h3,5,7-9,11,16H,4,6,10,12-13H2,1-2H3/t16-/m1/s1. The molecular weight excluding hydrogens is 318 g/mol. The van der Waals surface area contributed by atoms with Crippen LogP contribution in [0.25, 0.3) is 0 Å². The van der Waals surface area contributed by atoms with Crippen LogP contribution in [-0.2, 0) is 11.3 Å². The molecule has 0 aromatic carbocycles. The fraction of sp³-hybridized carbons (Fsp3) is 0.444. The smallest absolute Gasteiger partial charge is 0.261 e. The SMILES string of the molecule is CN(C)Cc1ccnc([C@H]2CCCN2C(=O)COc2cccnc2)n1. The van der Waals surface area contributed by atoms with Gasteiger partial charge >= 0.3 is 0 Å². The lowest BCUT2D eigenvalue weighted by molar-refractivity contribution is -0.134. The predicted molar refractivity (Wildman–Crippen MR) is 92.8 cm³/mol. The van der Waals surface area contributed by atoms with Crippen molar-refractivity contribution in [3.63, 3.8) is 0 Å². The molecule has 2 aromatic heterocycles. The molecule has 25 heavy (non-hydrogen) atoms. The van der Waals surface area contributed by atoms with Gasteiger partial charge in [-0.15, -0.1) is 0 Å². The molecule has 1 fully saturated rings. The molecule has 0 spiro atoms. The number of aromatic nitrogens is 3. The number of hydrogen-bond acceptors (Lipinski definition) is 6. The summed E-state index contributed by atoms with van der Waals surface area (Å²) < 4.78 is 5.54. The highest BCUT2D eigenvalue weighted by Crippen LogP contribution is 2.30. The van der Waals surface area contributed by atoms with Gasteiger partial charge in [-0.2, -0.15) is 0 Å². The molecule has 0 aliphatic carbocycles. The highest BCUT2D eigenvalue weighted by Gasteiger charge is 2.32. The lowest BCUT2D eigenvalue weighted by Crippen LogP contribution is -2.35. The Morgan fingerprint density at radius 2 is 2.24 bits per heavy atom. The number of carbonyl (C=O) groups is 1. The Morgan fingerprint density at radius 1 is 1.36 bits per heavy atom. The number of rotatable bonds is 6. The van der Waals surface area contributed by atoms with Gasteiger partial charge in [-0.3, -0.25) is 9.78 Å². The first-order chi connectivity index (χ1) is 12.1. The van der Waals surface area contributed by atoms with E-state index in [0.717, 1.165) is 25.1 Å². The van der Waals surface area contributed by atoms with Crippen molar-refractivity contribution in [2.24, 2.45) is 0 Å². The lowest BCUT2D eigenvalue weighted by atomic mass is 10.2. The minimum atomic E-state index is -0.0767. The van der Waals surface area contributed by atoms with E-state index in [1.54, 1.807) is 30.7 Å². The second-order valence-electron chi connectivity index (χ2n) is 6.37. The maximum absolute atomic E-state index is 12.6. The van der Waals surface area contributed by atoms with E-state index in [1.807, 2.05) is 25.1 Å². The molecule has 1 atom stereocenters. The van der Waals surface area contributed by atoms with Crippen LogP contribution in [0.2, 0.25) is 0 Å². The summed E-state index contributed by atoms with van der Waals surface area (Å²) in [5.41, 5.74) is 0.959. The summed E-state index contributed by atoms with van der Waals surface area (Å²) in [6, 6.07) is 5.40. The topological polar surface area (TPSA) is 71.5 Å². The van der Waals surface area contributed by atoms with Crippen LogP contribution in [0.15, 0.2) is 36.8 Å². The minimum Gasteiger partial charge on any atom is -0.482 e. The van der Waals surface area contributed by atoms with Crippen molar-refractivity contribution in [3.8, 4) is 5.75 Å². The Hall–Kier alpha value is -2.54. The molecule has 0 saturated carbocycles. The van der Waals surface area contributed by atoms with Gasteiger partial charge in [-0.1, -0.05) is 0 Å². The van der Waals surface area contributed by atoms with Gasteiger partial charge in [0.05, 0.1) is 17.9 Å². The van der Waals surface area contributed by atoms with Crippen LogP contribution < -0.4 is 4.74 Å². The minimum absolute atomic E-state index is 0.000415. The quantitative estimate of drug-likeness (QED) is 0.796. The predicted octanol–water partition coefficient (Wildman–Crippen LogP) is 1.68. The Kier molecular flexibility index (Phi) is 5.55. The first kappa shape index (κ1) is 17.3. The highest BCUT2D eigenvalue weighted by atomic mass is 16.5. The van der Waals surface area contributed by atoms with Crippen molar-refractivity contribution in [2.45, 2.75) is 25.4 Å². The van der Waals surface area contributed by atoms with Gasteiger partial charge < -0.3 is 14.5 Å². The Balaban J connectivity index is 1.66. The number of likely N-dealkylation sites (tertiary alicyclic amines) is 1. The van der Waals surface area contributed by atoms with Crippen LogP contribution in [0.5, 0.6) is 5.75 Å².